The minimum Gasteiger partial charge on any atom is -0.481 e. The van der Waals surface area contributed by atoms with E-state index >= 15 is 0 Å². The Labute approximate surface area is 181 Å². The van der Waals surface area contributed by atoms with E-state index in [4.69, 9.17) is 20.7 Å². The molecule has 0 aromatic carbocycles. The molecule has 0 saturated carbocycles. The standard InChI is InChI=1S/C19H34N4O8/c1-19(2,3)31-18(30)22-10-5-4-6-13(17(29)21-11-9-15(26)27)23-16(28)12(20)7-8-14(24)25/h12-13H,4-11,20H2,1-3H3,(H,21,29)(H,22,30)(H,23,28)(H,24,25)(H,26,27)/t12-,13-/m0/s1. The first-order valence-electron chi connectivity index (χ1n) is 10.1. The molecule has 3 amide bonds. The lowest BCUT2D eigenvalue weighted by Gasteiger charge is -2.21. The van der Waals surface area contributed by atoms with Gasteiger partial charge in [-0.25, -0.2) is 4.79 Å². The number of hydrogen-bond donors (Lipinski definition) is 6. The Hall–Kier alpha value is -2.89. The van der Waals surface area contributed by atoms with Gasteiger partial charge in [-0.15, -0.1) is 0 Å². The zero-order chi connectivity index (χ0) is 24.0. The van der Waals surface area contributed by atoms with E-state index in [1.165, 1.54) is 0 Å². The normalized spacial score (nSPS) is 12.9. The van der Waals surface area contributed by atoms with Crippen LogP contribution in [0.4, 0.5) is 4.79 Å². The Morgan fingerprint density at radius 3 is 2.03 bits per heavy atom. The van der Waals surface area contributed by atoms with Gasteiger partial charge in [-0.2, -0.15) is 0 Å². The summed E-state index contributed by atoms with van der Waals surface area (Å²) in [5, 5.41) is 24.9. The summed E-state index contributed by atoms with van der Waals surface area (Å²) in [5.74, 6) is -3.42. The number of nitrogens with two attached hydrogens (primary N) is 1. The number of alkyl carbamates (subject to hydrolysis) is 1. The lowest BCUT2D eigenvalue weighted by Crippen LogP contribution is -2.51. The first-order chi connectivity index (χ1) is 14.3. The molecule has 12 heteroatoms. The van der Waals surface area contributed by atoms with E-state index in [9.17, 15) is 24.0 Å². The van der Waals surface area contributed by atoms with Gasteiger partial charge in [0.2, 0.25) is 11.8 Å². The number of carbonyl (C=O) groups excluding carboxylic acids is 3. The van der Waals surface area contributed by atoms with Crippen molar-refractivity contribution in [1.29, 1.82) is 0 Å². The summed E-state index contributed by atoms with van der Waals surface area (Å²) in [5.41, 5.74) is 5.05. The van der Waals surface area contributed by atoms with Gasteiger partial charge in [0.25, 0.3) is 0 Å². The molecular weight excluding hydrogens is 412 g/mol. The Bertz CT molecular complexity index is 633. The van der Waals surface area contributed by atoms with Gasteiger partial charge in [-0.3, -0.25) is 19.2 Å². The number of unbranched alkanes of at least 4 members (excludes halogenated alkanes) is 1. The number of ether oxygens (including phenoxy) is 1. The van der Waals surface area contributed by atoms with Gasteiger partial charge in [-0.05, 0) is 46.5 Å². The Balaban J connectivity index is 4.64. The molecule has 0 aliphatic carbocycles. The third kappa shape index (κ3) is 15.6. The molecule has 0 bridgehead atoms. The fourth-order valence-electron chi connectivity index (χ4n) is 2.35. The second-order valence-electron chi connectivity index (χ2n) is 7.96. The van der Waals surface area contributed by atoms with E-state index < -0.39 is 47.5 Å². The van der Waals surface area contributed by atoms with Crippen LogP contribution in [0.25, 0.3) is 0 Å². The molecule has 0 aromatic rings. The first-order valence-corrected chi connectivity index (χ1v) is 10.1. The number of aliphatic carboxylic acids is 2. The van der Waals surface area contributed by atoms with E-state index in [1.54, 1.807) is 20.8 Å². The third-order valence-corrected chi connectivity index (χ3v) is 3.86. The van der Waals surface area contributed by atoms with E-state index in [0.717, 1.165) is 0 Å². The smallest absolute Gasteiger partial charge is 0.407 e. The minimum absolute atomic E-state index is 0.0890. The van der Waals surface area contributed by atoms with Crippen molar-refractivity contribution in [2.45, 2.75) is 77.0 Å². The fourth-order valence-corrected chi connectivity index (χ4v) is 2.35. The number of carboxylic acid groups (broad SMARTS) is 2. The highest BCUT2D eigenvalue weighted by Gasteiger charge is 2.24. The average molecular weight is 447 g/mol. The lowest BCUT2D eigenvalue weighted by molar-refractivity contribution is -0.138. The summed E-state index contributed by atoms with van der Waals surface area (Å²) in [4.78, 5) is 57.3. The third-order valence-electron chi connectivity index (χ3n) is 3.86. The van der Waals surface area contributed by atoms with Crippen LogP contribution >= 0.6 is 0 Å². The molecule has 7 N–H and O–H groups in total. The van der Waals surface area contributed by atoms with Crippen molar-refractivity contribution in [1.82, 2.24) is 16.0 Å². The maximum absolute atomic E-state index is 12.3. The average Bonchev–Trinajstić information content (AvgIpc) is 2.62. The van der Waals surface area contributed by atoms with Gasteiger partial charge in [0.1, 0.15) is 11.6 Å². The molecule has 12 nitrogen and oxygen atoms in total. The summed E-state index contributed by atoms with van der Waals surface area (Å²) in [6, 6.07) is -2.07. The second-order valence-corrected chi connectivity index (χ2v) is 7.96. The molecule has 0 heterocycles. The number of nitrogens with one attached hydrogen (secondary N) is 3. The maximum Gasteiger partial charge on any atom is 0.407 e. The minimum atomic E-state index is -1.10. The molecule has 0 spiro atoms. The number of carboxylic acids is 2. The molecule has 0 radical (unpaired) electrons. The fraction of sp³-hybridized carbons (Fsp3) is 0.737. The van der Waals surface area contributed by atoms with Crippen LogP contribution in [0.15, 0.2) is 0 Å². The molecule has 0 fully saturated rings. The molecule has 0 rings (SSSR count). The van der Waals surface area contributed by atoms with E-state index in [1.807, 2.05) is 0 Å². The Morgan fingerprint density at radius 2 is 1.48 bits per heavy atom. The van der Waals surface area contributed by atoms with Crippen molar-refractivity contribution in [3.8, 4) is 0 Å². The number of amides is 3. The largest absolute Gasteiger partial charge is 0.481 e. The van der Waals surface area contributed by atoms with Crippen LogP contribution in [-0.4, -0.2) is 70.8 Å². The zero-order valence-electron chi connectivity index (χ0n) is 18.2. The molecule has 0 aliphatic heterocycles. The van der Waals surface area contributed by atoms with Gasteiger partial charge < -0.3 is 36.6 Å². The van der Waals surface area contributed by atoms with Crippen molar-refractivity contribution in [3.05, 3.63) is 0 Å². The van der Waals surface area contributed by atoms with Crippen LogP contribution in [0.1, 0.15) is 59.3 Å². The van der Waals surface area contributed by atoms with Crippen molar-refractivity contribution < 1.29 is 38.9 Å². The summed E-state index contributed by atoms with van der Waals surface area (Å²) in [7, 11) is 0. The molecule has 0 aromatic heterocycles. The monoisotopic (exact) mass is 446 g/mol. The molecular formula is C19H34N4O8. The van der Waals surface area contributed by atoms with Crippen molar-refractivity contribution in [3.63, 3.8) is 0 Å². The SMILES string of the molecule is CC(C)(C)OC(=O)NCCCC[C@H](NC(=O)[C@@H](N)CCC(=O)O)C(=O)NCCC(=O)O. The summed E-state index contributed by atoms with van der Waals surface area (Å²) in [6.45, 7) is 5.41. The van der Waals surface area contributed by atoms with Gasteiger partial charge in [0.15, 0.2) is 0 Å². The molecule has 0 saturated heterocycles. The predicted molar refractivity (Wildman–Crippen MR) is 110 cm³/mol. The highest BCUT2D eigenvalue weighted by Crippen LogP contribution is 2.07. The van der Waals surface area contributed by atoms with Crippen molar-refractivity contribution >= 4 is 29.8 Å². The highest BCUT2D eigenvalue weighted by atomic mass is 16.6. The first kappa shape index (κ1) is 28.1. The molecule has 31 heavy (non-hydrogen) atoms. The predicted octanol–water partition coefficient (Wildman–Crippen LogP) is -0.0508. The Kier molecular flexibility index (Phi) is 12.9. The van der Waals surface area contributed by atoms with E-state index in [-0.39, 0.29) is 32.2 Å². The topological polar surface area (TPSA) is 197 Å². The lowest BCUT2D eigenvalue weighted by atomic mass is 10.1. The van der Waals surface area contributed by atoms with E-state index in [2.05, 4.69) is 16.0 Å². The second kappa shape index (κ2) is 14.2. The summed E-state index contributed by atoms with van der Waals surface area (Å²) in [6.07, 6.45) is -0.0461. The maximum atomic E-state index is 12.3. The quantitative estimate of drug-likeness (QED) is 0.198. The van der Waals surface area contributed by atoms with Crippen LogP contribution in [0.5, 0.6) is 0 Å². The summed E-state index contributed by atoms with van der Waals surface area (Å²) >= 11 is 0. The summed E-state index contributed by atoms with van der Waals surface area (Å²) < 4.78 is 5.11. The van der Waals surface area contributed by atoms with Gasteiger partial charge in [0.05, 0.1) is 12.5 Å². The van der Waals surface area contributed by atoms with Crippen LogP contribution in [0, 0.1) is 0 Å². The van der Waals surface area contributed by atoms with Gasteiger partial charge in [-0.1, -0.05) is 0 Å². The number of hydrogen-bond acceptors (Lipinski definition) is 7. The van der Waals surface area contributed by atoms with Gasteiger partial charge in [0, 0.05) is 19.5 Å². The molecule has 0 aliphatic rings. The number of rotatable bonds is 14. The van der Waals surface area contributed by atoms with Crippen LogP contribution in [0.3, 0.4) is 0 Å². The van der Waals surface area contributed by atoms with Crippen LogP contribution in [-0.2, 0) is 23.9 Å². The van der Waals surface area contributed by atoms with Crippen molar-refractivity contribution in [2.75, 3.05) is 13.1 Å². The zero-order valence-corrected chi connectivity index (χ0v) is 18.2. The molecule has 2 atom stereocenters. The van der Waals surface area contributed by atoms with Crippen molar-refractivity contribution in [2.24, 2.45) is 5.73 Å². The molecule has 178 valence electrons. The Morgan fingerprint density at radius 1 is 0.871 bits per heavy atom. The van der Waals surface area contributed by atoms with Crippen LogP contribution < -0.4 is 21.7 Å². The highest BCUT2D eigenvalue weighted by molar-refractivity contribution is 5.90. The van der Waals surface area contributed by atoms with Gasteiger partial charge >= 0.3 is 18.0 Å². The number of carbonyl (C=O) groups is 5. The molecule has 0 unspecified atom stereocenters. The van der Waals surface area contributed by atoms with E-state index in [0.29, 0.717) is 19.4 Å². The van der Waals surface area contributed by atoms with Crippen LogP contribution in [0.2, 0.25) is 0 Å².